The SMILES string of the molecule is Cc1cccnc1C[C@H]1COc2cc(-c3ccccc3NS(=O)(=O)C(F)(F)F)ccc2[C@@H]1O. The number of aromatic nitrogens is 1. The predicted molar refractivity (Wildman–Crippen MR) is 117 cm³/mol. The number of benzene rings is 2. The van der Waals surface area contributed by atoms with Gasteiger partial charge in [0.25, 0.3) is 0 Å². The van der Waals surface area contributed by atoms with Crippen molar-refractivity contribution in [3.63, 3.8) is 0 Å². The van der Waals surface area contributed by atoms with Gasteiger partial charge in [-0.3, -0.25) is 9.71 Å². The van der Waals surface area contributed by atoms with Crippen molar-refractivity contribution in [2.45, 2.75) is 25.0 Å². The molecule has 3 aromatic rings. The molecule has 0 fully saturated rings. The number of nitrogens with one attached hydrogen (secondary N) is 1. The molecule has 1 aromatic heterocycles. The second kappa shape index (κ2) is 8.68. The van der Waals surface area contributed by atoms with E-state index in [4.69, 9.17) is 4.74 Å². The van der Waals surface area contributed by atoms with Crippen molar-refractivity contribution >= 4 is 15.7 Å². The van der Waals surface area contributed by atoms with E-state index < -0.39 is 21.6 Å². The van der Waals surface area contributed by atoms with Gasteiger partial charge in [0, 0.05) is 28.9 Å². The average Bonchev–Trinajstić information content (AvgIpc) is 2.76. The molecule has 174 valence electrons. The minimum absolute atomic E-state index is 0.213. The molecule has 0 amide bonds. The molecule has 0 radical (unpaired) electrons. The maximum absolute atomic E-state index is 12.8. The third-order valence-electron chi connectivity index (χ3n) is 5.59. The van der Waals surface area contributed by atoms with Crippen molar-refractivity contribution < 1.29 is 31.4 Å². The predicted octanol–water partition coefficient (Wildman–Crippen LogP) is 4.60. The molecule has 10 heteroatoms. The molecule has 2 heterocycles. The Morgan fingerprint density at radius 1 is 1.15 bits per heavy atom. The quantitative estimate of drug-likeness (QED) is 0.560. The van der Waals surface area contributed by atoms with Crippen LogP contribution in [0.25, 0.3) is 11.1 Å². The standard InChI is InChI=1S/C23H21F3N2O4S/c1-14-5-4-10-27-20(14)11-16-13-32-21-12-15(8-9-18(21)22(16)29)17-6-2-3-7-19(17)28-33(30,31)23(24,25)26/h2-10,12,16,22,28-29H,11,13H2,1H3/t16-,22+/m0/s1. The van der Waals surface area contributed by atoms with E-state index in [2.05, 4.69) is 4.98 Å². The van der Waals surface area contributed by atoms with Crippen LogP contribution in [0.15, 0.2) is 60.8 Å². The Balaban J connectivity index is 1.61. The summed E-state index contributed by atoms with van der Waals surface area (Å²) >= 11 is 0. The summed E-state index contributed by atoms with van der Waals surface area (Å²) in [7, 11) is -5.58. The first-order valence-electron chi connectivity index (χ1n) is 10.1. The van der Waals surface area contributed by atoms with Crippen molar-refractivity contribution in [1.82, 2.24) is 4.98 Å². The van der Waals surface area contributed by atoms with Crippen molar-refractivity contribution in [3.8, 4) is 16.9 Å². The lowest BCUT2D eigenvalue weighted by atomic mass is 9.87. The molecule has 2 N–H and O–H groups in total. The van der Waals surface area contributed by atoms with E-state index in [1.54, 1.807) is 35.2 Å². The van der Waals surface area contributed by atoms with Gasteiger partial charge < -0.3 is 9.84 Å². The number of pyridine rings is 1. The highest BCUT2D eigenvalue weighted by Gasteiger charge is 2.46. The van der Waals surface area contributed by atoms with Gasteiger partial charge in [-0.25, -0.2) is 0 Å². The molecule has 1 aliphatic rings. The zero-order valence-electron chi connectivity index (χ0n) is 17.5. The molecular formula is C23H21F3N2O4S. The highest BCUT2D eigenvalue weighted by Crippen LogP contribution is 2.41. The fourth-order valence-electron chi connectivity index (χ4n) is 3.79. The number of anilines is 1. The number of ether oxygens (including phenoxy) is 1. The second-order valence-electron chi connectivity index (χ2n) is 7.84. The van der Waals surface area contributed by atoms with Gasteiger partial charge in [-0.1, -0.05) is 36.4 Å². The summed E-state index contributed by atoms with van der Waals surface area (Å²) in [5, 5.41) is 10.9. The topological polar surface area (TPSA) is 88.5 Å². The van der Waals surface area contributed by atoms with Crippen LogP contribution in [-0.4, -0.2) is 30.6 Å². The number of aliphatic hydroxyl groups is 1. The molecule has 0 bridgehead atoms. The Morgan fingerprint density at radius 2 is 1.91 bits per heavy atom. The molecule has 2 aromatic carbocycles. The number of nitrogens with zero attached hydrogens (tertiary/aromatic N) is 1. The largest absolute Gasteiger partial charge is 0.516 e. The summed E-state index contributed by atoms with van der Waals surface area (Å²) in [6.07, 6.45) is 1.41. The number of aryl methyl sites for hydroxylation is 1. The zero-order chi connectivity index (χ0) is 23.8. The lowest BCUT2D eigenvalue weighted by molar-refractivity contribution is -0.0429. The summed E-state index contributed by atoms with van der Waals surface area (Å²) in [5.74, 6) is 0.172. The fraction of sp³-hybridized carbons (Fsp3) is 0.261. The number of aliphatic hydroxyl groups excluding tert-OH is 1. The zero-order valence-corrected chi connectivity index (χ0v) is 18.3. The first-order chi connectivity index (χ1) is 15.6. The first-order valence-corrected chi connectivity index (χ1v) is 11.6. The molecule has 0 saturated carbocycles. The van der Waals surface area contributed by atoms with Gasteiger partial charge in [-0.15, -0.1) is 0 Å². The molecule has 0 aliphatic carbocycles. The molecule has 0 spiro atoms. The Bertz CT molecular complexity index is 1280. The number of hydrogen-bond acceptors (Lipinski definition) is 5. The van der Waals surface area contributed by atoms with Crippen LogP contribution in [-0.2, 0) is 16.4 Å². The highest BCUT2D eigenvalue weighted by atomic mass is 32.2. The number of sulfonamides is 1. The molecular weight excluding hydrogens is 457 g/mol. The van der Waals surface area contributed by atoms with Crippen molar-refractivity contribution in [2.75, 3.05) is 11.3 Å². The number of rotatable bonds is 5. The smallest absolute Gasteiger partial charge is 0.493 e. The van der Waals surface area contributed by atoms with Gasteiger partial charge in [0.1, 0.15) is 5.75 Å². The Labute approximate surface area is 189 Å². The Kier molecular flexibility index (Phi) is 6.06. The van der Waals surface area contributed by atoms with Crippen molar-refractivity contribution in [3.05, 3.63) is 77.6 Å². The van der Waals surface area contributed by atoms with Gasteiger partial charge in [0.05, 0.1) is 18.4 Å². The van der Waals surface area contributed by atoms with Gasteiger partial charge >= 0.3 is 15.5 Å². The molecule has 0 unspecified atom stereocenters. The van der Waals surface area contributed by atoms with E-state index >= 15 is 0 Å². The number of fused-ring (bicyclic) bond motifs is 1. The molecule has 6 nitrogen and oxygen atoms in total. The van der Waals surface area contributed by atoms with Crippen LogP contribution in [0, 0.1) is 12.8 Å². The van der Waals surface area contributed by atoms with E-state index in [1.165, 1.54) is 18.2 Å². The summed E-state index contributed by atoms with van der Waals surface area (Å²) in [6, 6.07) is 14.4. The van der Waals surface area contributed by atoms with Crippen LogP contribution in [0.5, 0.6) is 5.75 Å². The number of hydrogen-bond donors (Lipinski definition) is 2. The molecule has 33 heavy (non-hydrogen) atoms. The lowest BCUT2D eigenvalue weighted by Crippen LogP contribution is -2.30. The summed E-state index contributed by atoms with van der Waals surface area (Å²) in [6.45, 7) is 2.18. The van der Waals surface area contributed by atoms with E-state index in [0.717, 1.165) is 11.3 Å². The fourth-order valence-corrected chi connectivity index (χ4v) is 4.37. The van der Waals surface area contributed by atoms with Crippen molar-refractivity contribution in [2.24, 2.45) is 5.92 Å². The van der Waals surface area contributed by atoms with Gasteiger partial charge in [0.2, 0.25) is 0 Å². The maximum atomic E-state index is 12.8. The number of para-hydroxylation sites is 1. The van der Waals surface area contributed by atoms with E-state index in [0.29, 0.717) is 23.3 Å². The molecule has 2 atom stereocenters. The van der Waals surface area contributed by atoms with E-state index in [1.807, 2.05) is 19.1 Å². The number of alkyl halides is 3. The monoisotopic (exact) mass is 478 g/mol. The van der Waals surface area contributed by atoms with Gasteiger partial charge in [-0.05, 0) is 42.7 Å². The van der Waals surface area contributed by atoms with Crippen LogP contribution in [0.1, 0.15) is 22.9 Å². The van der Waals surface area contributed by atoms with Crippen LogP contribution in [0.3, 0.4) is 0 Å². The summed E-state index contributed by atoms with van der Waals surface area (Å²) in [4.78, 5) is 4.37. The van der Waals surface area contributed by atoms with Crippen LogP contribution < -0.4 is 9.46 Å². The second-order valence-corrected chi connectivity index (χ2v) is 9.51. The van der Waals surface area contributed by atoms with E-state index in [9.17, 15) is 26.7 Å². The third kappa shape index (κ3) is 4.67. The average molecular weight is 478 g/mol. The Morgan fingerprint density at radius 3 is 2.64 bits per heavy atom. The van der Waals surface area contributed by atoms with Gasteiger partial charge in [-0.2, -0.15) is 21.6 Å². The molecule has 0 saturated heterocycles. The lowest BCUT2D eigenvalue weighted by Gasteiger charge is -2.31. The first kappa shape index (κ1) is 23.1. The number of halogens is 3. The summed E-state index contributed by atoms with van der Waals surface area (Å²) in [5.41, 5.74) is -2.52. The summed E-state index contributed by atoms with van der Waals surface area (Å²) < 4.78 is 69.2. The van der Waals surface area contributed by atoms with Crippen molar-refractivity contribution in [1.29, 1.82) is 0 Å². The van der Waals surface area contributed by atoms with Crippen LogP contribution >= 0.6 is 0 Å². The minimum Gasteiger partial charge on any atom is -0.493 e. The van der Waals surface area contributed by atoms with E-state index in [-0.39, 0.29) is 23.8 Å². The minimum atomic E-state index is -5.58. The Hall–Kier alpha value is -3.11. The maximum Gasteiger partial charge on any atom is 0.516 e. The van der Waals surface area contributed by atoms with Crippen LogP contribution in [0.2, 0.25) is 0 Å². The van der Waals surface area contributed by atoms with Gasteiger partial charge in [0.15, 0.2) is 0 Å². The molecule has 1 aliphatic heterocycles. The molecule has 4 rings (SSSR count). The highest BCUT2D eigenvalue weighted by molar-refractivity contribution is 7.93. The third-order valence-corrected chi connectivity index (χ3v) is 6.69. The van der Waals surface area contributed by atoms with Crippen LogP contribution in [0.4, 0.5) is 18.9 Å². The normalized spacial score (nSPS) is 18.3.